The van der Waals surface area contributed by atoms with Gasteiger partial charge in [0.2, 0.25) is 5.95 Å². The number of ether oxygens (including phenoxy) is 2. The molecule has 8 nitrogen and oxygen atoms in total. The smallest absolute Gasteiger partial charge is 0.306 e. The van der Waals surface area contributed by atoms with E-state index in [-0.39, 0.29) is 12.0 Å². The van der Waals surface area contributed by atoms with Crippen molar-refractivity contribution in [3.8, 4) is 11.5 Å². The number of hydrogen-bond acceptors (Lipinski definition) is 7. The number of nitrogens with zero attached hydrogens (tertiary/aromatic N) is 2. The highest BCUT2D eigenvalue weighted by Crippen LogP contribution is 2.34. The van der Waals surface area contributed by atoms with E-state index in [9.17, 15) is 4.79 Å². The molecule has 0 atom stereocenters. The minimum atomic E-state index is -0.717. The lowest BCUT2D eigenvalue weighted by Crippen LogP contribution is -2.30. The Hall–Kier alpha value is -2.77. The number of aromatic nitrogens is 2. The number of nitrogens with one attached hydrogen (secondary N) is 1. The lowest BCUT2D eigenvalue weighted by Gasteiger charge is -2.26. The molecule has 1 aromatic heterocycles. The summed E-state index contributed by atoms with van der Waals surface area (Å²) in [5.74, 6) is 0.964. The number of fused-ring (bicyclic) bond motifs is 1. The third-order valence-corrected chi connectivity index (χ3v) is 4.64. The number of aliphatic carboxylic acids is 1. The Morgan fingerprint density at radius 2 is 1.80 bits per heavy atom. The van der Waals surface area contributed by atoms with Gasteiger partial charge in [-0.3, -0.25) is 4.79 Å². The summed E-state index contributed by atoms with van der Waals surface area (Å²) < 4.78 is 10.6. The minimum absolute atomic E-state index is 0.146. The SMILES string of the molecule is COc1cc2nc(NC3CCC(C(=O)O)CC3)nc(N)c2cc1OC. The highest BCUT2D eigenvalue weighted by Gasteiger charge is 2.26. The van der Waals surface area contributed by atoms with Crippen molar-refractivity contribution in [2.24, 2.45) is 5.92 Å². The van der Waals surface area contributed by atoms with Crippen LogP contribution in [0.4, 0.5) is 11.8 Å². The number of anilines is 2. The molecule has 1 heterocycles. The maximum Gasteiger partial charge on any atom is 0.306 e. The van der Waals surface area contributed by atoms with E-state index in [1.807, 2.05) is 0 Å². The molecule has 0 unspecified atom stereocenters. The van der Waals surface area contributed by atoms with E-state index in [0.29, 0.717) is 47.0 Å². The molecule has 1 saturated carbocycles. The molecule has 1 aliphatic rings. The number of benzene rings is 1. The Kier molecular flexibility index (Phi) is 4.78. The van der Waals surface area contributed by atoms with Crippen LogP contribution in [-0.4, -0.2) is 41.3 Å². The molecule has 0 spiro atoms. The first-order valence-corrected chi connectivity index (χ1v) is 8.20. The lowest BCUT2D eigenvalue weighted by molar-refractivity contribution is -0.142. The van der Waals surface area contributed by atoms with E-state index in [4.69, 9.17) is 20.3 Å². The molecule has 4 N–H and O–H groups in total. The second kappa shape index (κ2) is 7.00. The summed E-state index contributed by atoms with van der Waals surface area (Å²) in [6.07, 6.45) is 2.84. The van der Waals surface area contributed by atoms with Crippen LogP contribution in [0.25, 0.3) is 10.9 Å². The predicted octanol–water partition coefficient (Wildman–Crippen LogP) is 2.28. The molecule has 0 amide bonds. The van der Waals surface area contributed by atoms with E-state index >= 15 is 0 Å². The van der Waals surface area contributed by atoms with Crippen LogP contribution < -0.4 is 20.5 Å². The Morgan fingerprint density at radius 1 is 1.16 bits per heavy atom. The first-order chi connectivity index (χ1) is 12.0. The van der Waals surface area contributed by atoms with Gasteiger partial charge in [0.25, 0.3) is 0 Å². The molecule has 8 heteroatoms. The van der Waals surface area contributed by atoms with Crippen molar-refractivity contribution in [2.45, 2.75) is 31.7 Å². The zero-order chi connectivity index (χ0) is 18.0. The van der Waals surface area contributed by atoms with Gasteiger partial charge < -0.3 is 25.6 Å². The summed E-state index contributed by atoms with van der Waals surface area (Å²) >= 11 is 0. The molecule has 0 aliphatic heterocycles. The summed E-state index contributed by atoms with van der Waals surface area (Å²) in [4.78, 5) is 19.9. The highest BCUT2D eigenvalue weighted by molar-refractivity contribution is 5.91. The average Bonchev–Trinajstić information content (AvgIpc) is 2.61. The monoisotopic (exact) mass is 346 g/mol. The second-order valence-electron chi connectivity index (χ2n) is 6.19. The van der Waals surface area contributed by atoms with E-state index in [1.54, 1.807) is 26.4 Å². The van der Waals surface area contributed by atoms with E-state index in [0.717, 1.165) is 12.8 Å². The van der Waals surface area contributed by atoms with Gasteiger partial charge in [0.15, 0.2) is 11.5 Å². The maximum atomic E-state index is 11.0. The molecule has 1 aliphatic carbocycles. The van der Waals surface area contributed by atoms with Crippen LogP contribution in [0.15, 0.2) is 12.1 Å². The van der Waals surface area contributed by atoms with Crippen molar-refractivity contribution in [3.63, 3.8) is 0 Å². The van der Waals surface area contributed by atoms with Gasteiger partial charge in [-0.25, -0.2) is 4.98 Å². The third kappa shape index (κ3) is 3.52. The molecule has 0 radical (unpaired) electrons. The summed E-state index contributed by atoms with van der Waals surface area (Å²) in [7, 11) is 3.12. The number of hydrogen-bond donors (Lipinski definition) is 3. The molecule has 3 rings (SSSR count). The van der Waals surface area contributed by atoms with Gasteiger partial charge in [0.1, 0.15) is 5.82 Å². The fraction of sp³-hybridized carbons (Fsp3) is 0.471. The van der Waals surface area contributed by atoms with Gasteiger partial charge >= 0.3 is 5.97 Å². The van der Waals surface area contributed by atoms with Crippen LogP contribution in [0.5, 0.6) is 11.5 Å². The van der Waals surface area contributed by atoms with Crippen LogP contribution in [0.3, 0.4) is 0 Å². The molecule has 0 saturated heterocycles. The molecule has 2 aromatic rings. The zero-order valence-electron chi connectivity index (χ0n) is 14.3. The van der Waals surface area contributed by atoms with Crippen LogP contribution in [0.2, 0.25) is 0 Å². The third-order valence-electron chi connectivity index (χ3n) is 4.64. The van der Waals surface area contributed by atoms with Crippen molar-refractivity contribution in [1.29, 1.82) is 0 Å². The van der Waals surface area contributed by atoms with Crippen molar-refractivity contribution in [3.05, 3.63) is 12.1 Å². The largest absolute Gasteiger partial charge is 0.493 e. The second-order valence-corrected chi connectivity index (χ2v) is 6.19. The lowest BCUT2D eigenvalue weighted by atomic mass is 9.86. The van der Waals surface area contributed by atoms with Gasteiger partial charge in [-0.05, 0) is 31.7 Å². The fourth-order valence-electron chi connectivity index (χ4n) is 3.21. The molecule has 134 valence electrons. The molecular formula is C17H22N4O4. The van der Waals surface area contributed by atoms with Gasteiger partial charge in [0.05, 0.1) is 25.7 Å². The molecule has 0 bridgehead atoms. The standard InChI is InChI=1S/C17H22N4O4/c1-24-13-7-11-12(8-14(13)25-2)20-17(21-15(11)18)19-10-5-3-9(4-6-10)16(22)23/h7-10H,3-6H2,1-2H3,(H,22,23)(H3,18,19,20,21). The van der Waals surface area contributed by atoms with Crippen molar-refractivity contribution in [2.75, 3.05) is 25.3 Å². The Balaban J connectivity index is 1.82. The van der Waals surface area contributed by atoms with E-state index in [1.165, 1.54) is 0 Å². The summed E-state index contributed by atoms with van der Waals surface area (Å²) in [6.45, 7) is 0. The summed E-state index contributed by atoms with van der Waals surface area (Å²) in [5.41, 5.74) is 6.73. The molecule has 1 aromatic carbocycles. The Bertz CT molecular complexity index is 788. The van der Waals surface area contributed by atoms with Crippen molar-refractivity contribution < 1.29 is 19.4 Å². The topological polar surface area (TPSA) is 120 Å². The van der Waals surface area contributed by atoms with E-state index in [2.05, 4.69) is 15.3 Å². The quantitative estimate of drug-likeness (QED) is 0.754. The Morgan fingerprint density at radius 3 is 2.40 bits per heavy atom. The van der Waals surface area contributed by atoms with Crippen molar-refractivity contribution in [1.82, 2.24) is 9.97 Å². The van der Waals surface area contributed by atoms with Crippen LogP contribution >= 0.6 is 0 Å². The van der Waals surface area contributed by atoms with E-state index < -0.39 is 5.97 Å². The van der Waals surface area contributed by atoms with Crippen LogP contribution in [0.1, 0.15) is 25.7 Å². The summed E-state index contributed by atoms with van der Waals surface area (Å²) in [6, 6.07) is 3.66. The molecule has 1 fully saturated rings. The number of carboxylic acid groups (broad SMARTS) is 1. The average molecular weight is 346 g/mol. The van der Waals surface area contributed by atoms with Gasteiger partial charge in [0, 0.05) is 17.5 Å². The van der Waals surface area contributed by atoms with Gasteiger partial charge in [-0.2, -0.15) is 4.98 Å². The predicted molar refractivity (Wildman–Crippen MR) is 94.1 cm³/mol. The number of nitrogens with two attached hydrogens (primary N) is 1. The number of rotatable bonds is 5. The highest BCUT2D eigenvalue weighted by atomic mass is 16.5. The number of carboxylic acids is 1. The number of nitrogen functional groups attached to an aromatic ring is 1. The number of methoxy groups -OCH3 is 2. The number of carbonyl (C=O) groups is 1. The first-order valence-electron chi connectivity index (χ1n) is 8.20. The van der Waals surface area contributed by atoms with Gasteiger partial charge in [-0.1, -0.05) is 0 Å². The maximum absolute atomic E-state index is 11.0. The minimum Gasteiger partial charge on any atom is -0.493 e. The molecule has 25 heavy (non-hydrogen) atoms. The fourth-order valence-corrected chi connectivity index (χ4v) is 3.21. The van der Waals surface area contributed by atoms with Gasteiger partial charge in [-0.15, -0.1) is 0 Å². The Labute approximate surface area is 145 Å². The van der Waals surface area contributed by atoms with Crippen LogP contribution in [-0.2, 0) is 4.79 Å². The van der Waals surface area contributed by atoms with Crippen LogP contribution in [0, 0.1) is 5.92 Å². The summed E-state index contributed by atoms with van der Waals surface area (Å²) in [5, 5.41) is 13.0. The van der Waals surface area contributed by atoms with Crippen molar-refractivity contribution >= 4 is 28.6 Å². The molecular weight excluding hydrogens is 324 g/mol. The normalized spacial score (nSPS) is 20.2. The first kappa shape index (κ1) is 17.1. The zero-order valence-corrected chi connectivity index (χ0v) is 14.3.